The zero-order chi connectivity index (χ0) is 10.3. The highest BCUT2D eigenvalue weighted by Gasteiger charge is 2.20. The topological polar surface area (TPSA) is 64.6 Å². The second-order valence-corrected chi connectivity index (χ2v) is 2.06. The maximum atomic E-state index is 11.0. The highest BCUT2D eigenvalue weighted by Crippen LogP contribution is 1.95. The van der Waals surface area contributed by atoms with Gasteiger partial charge in [0.15, 0.2) is 0 Å². The van der Waals surface area contributed by atoms with E-state index in [2.05, 4.69) is 14.8 Å². The normalized spacial score (nSPS) is 13.0. The fourth-order valence-corrected chi connectivity index (χ4v) is 0.631. The third kappa shape index (κ3) is 3.34. The van der Waals surface area contributed by atoms with Crippen LogP contribution in [0.15, 0.2) is 0 Å². The Hall–Kier alpha value is -1.10. The molecule has 70 valence electrons. The first-order valence-electron chi connectivity index (χ1n) is 4.03. The first-order chi connectivity index (χ1) is 6.15. The first kappa shape index (κ1) is 8.99. The monoisotopic (exact) mass is 176 g/mol. The fourth-order valence-electron chi connectivity index (χ4n) is 0.631. The molecule has 0 fully saturated rings. The number of esters is 2. The molecule has 1 atom stereocenters. The molecular weight excluding hydrogens is 162 g/mol. The van der Waals surface area contributed by atoms with E-state index in [-0.39, 0.29) is 13.4 Å². The lowest BCUT2D eigenvalue weighted by Crippen LogP contribution is -2.37. The Morgan fingerprint density at radius 1 is 1.50 bits per heavy atom. The molecule has 0 aliphatic carbocycles. The van der Waals surface area contributed by atoms with E-state index in [0.717, 1.165) is 0 Å². The average Bonchev–Trinajstić information content (AvgIpc) is 2.15. The van der Waals surface area contributed by atoms with Crippen molar-refractivity contribution in [2.45, 2.75) is 12.5 Å². The van der Waals surface area contributed by atoms with Gasteiger partial charge in [0, 0.05) is 1.37 Å². The van der Waals surface area contributed by atoms with Crippen LogP contribution in [0.3, 0.4) is 0 Å². The molecule has 5 nitrogen and oxygen atoms in total. The van der Waals surface area contributed by atoms with Gasteiger partial charge >= 0.3 is 11.9 Å². The van der Waals surface area contributed by atoms with Crippen LogP contribution in [0.2, 0.25) is 0 Å². The Morgan fingerprint density at radius 2 is 2.17 bits per heavy atom. The standard InChI is InChI=1S/C7H13NO4/c1-8-5(7(10)12-3)4-6(9)11-2/h5,8H,4H2,1-3H3/t5-/m0/s1/i1D. The molecule has 0 aliphatic rings. The van der Waals surface area contributed by atoms with E-state index < -0.39 is 18.0 Å². The Labute approximate surface area is 72.4 Å². The van der Waals surface area contributed by atoms with E-state index >= 15 is 0 Å². The molecule has 0 aromatic rings. The molecule has 1 N–H and O–H groups in total. The molecule has 0 aliphatic heterocycles. The van der Waals surface area contributed by atoms with E-state index in [1.54, 1.807) is 0 Å². The Morgan fingerprint density at radius 3 is 2.58 bits per heavy atom. The smallest absolute Gasteiger partial charge is 0.323 e. The van der Waals surface area contributed by atoms with Crippen LogP contribution in [0.5, 0.6) is 0 Å². The van der Waals surface area contributed by atoms with Crippen LogP contribution in [0.4, 0.5) is 0 Å². The number of likely N-dealkylation sites (N-methyl/N-ethyl adjacent to an activating group) is 1. The van der Waals surface area contributed by atoms with Crippen LogP contribution in [-0.2, 0) is 19.1 Å². The van der Waals surface area contributed by atoms with Crippen molar-refractivity contribution in [2.75, 3.05) is 21.2 Å². The fraction of sp³-hybridized carbons (Fsp3) is 0.714. The summed E-state index contributed by atoms with van der Waals surface area (Å²) in [7, 11) is 2.30. The molecule has 0 rings (SSSR count). The quantitative estimate of drug-likeness (QED) is 0.574. The maximum absolute atomic E-state index is 11.0. The zero-order valence-corrected chi connectivity index (χ0v) is 7.12. The molecule has 0 saturated carbocycles. The third-order valence-corrected chi connectivity index (χ3v) is 1.33. The number of rotatable bonds is 4. The first-order valence-corrected chi connectivity index (χ1v) is 3.33. The molecule has 0 aromatic heterocycles. The predicted octanol–water partition coefficient (Wildman–Crippen LogP) is -0.690. The van der Waals surface area contributed by atoms with Crippen LogP contribution in [0, 0.1) is 0 Å². The molecule has 0 spiro atoms. The van der Waals surface area contributed by atoms with E-state index in [9.17, 15) is 9.59 Å². The van der Waals surface area contributed by atoms with Gasteiger partial charge in [0.25, 0.3) is 0 Å². The number of ether oxygens (including phenoxy) is 2. The SMILES string of the molecule is [2H]CN[C@@H](CC(=O)OC)C(=O)OC. The number of nitrogens with one attached hydrogen (secondary N) is 1. The molecule has 5 heteroatoms. The van der Waals surface area contributed by atoms with Crippen molar-refractivity contribution >= 4 is 11.9 Å². The van der Waals surface area contributed by atoms with Gasteiger partial charge < -0.3 is 14.8 Å². The number of carbonyl (C=O) groups is 2. The molecule has 0 radical (unpaired) electrons. The van der Waals surface area contributed by atoms with Crippen molar-refractivity contribution in [3.05, 3.63) is 0 Å². The van der Waals surface area contributed by atoms with Crippen LogP contribution in [0.25, 0.3) is 0 Å². The van der Waals surface area contributed by atoms with Crippen molar-refractivity contribution in [3.63, 3.8) is 0 Å². The number of methoxy groups -OCH3 is 2. The molecule has 0 aromatic carbocycles. The van der Waals surface area contributed by atoms with Crippen molar-refractivity contribution in [1.29, 1.82) is 0 Å². The third-order valence-electron chi connectivity index (χ3n) is 1.33. The van der Waals surface area contributed by atoms with E-state index in [4.69, 9.17) is 1.37 Å². The number of hydrogen-bond donors (Lipinski definition) is 1. The second-order valence-electron chi connectivity index (χ2n) is 2.06. The van der Waals surface area contributed by atoms with Gasteiger partial charge in [-0.3, -0.25) is 9.59 Å². The molecule has 0 heterocycles. The predicted molar refractivity (Wildman–Crippen MR) is 41.5 cm³/mol. The maximum Gasteiger partial charge on any atom is 0.323 e. The molecular formula is C7H13NO4. The lowest BCUT2D eigenvalue weighted by atomic mass is 10.2. The van der Waals surface area contributed by atoms with Crippen molar-refractivity contribution in [3.8, 4) is 0 Å². The molecule has 0 saturated heterocycles. The summed E-state index contributed by atoms with van der Waals surface area (Å²) >= 11 is 0. The summed E-state index contributed by atoms with van der Waals surface area (Å²) in [4.78, 5) is 21.8. The minimum absolute atomic E-state index is 0.123. The Balaban J connectivity index is 4.08. The van der Waals surface area contributed by atoms with Gasteiger partial charge in [-0.15, -0.1) is 0 Å². The van der Waals surface area contributed by atoms with Crippen LogP contribution < -0.4 is 5.32 Å². The van der Waals surface area contributed by atoms with Crippen LogP contribution in [0.1, 0.15) is 7.79 Å². The van der Waals surface area contributed by atoms with Crippen molar-refractivity contribution < 1.29 is 20.4 Å². The van der Waals surface area contributed by atoms with E-state index in [1.165, 1.54) is 14.2 Å². The van der Waals surface area contributed by atoms with Crippen molar-refractivity contribution in [1.82, 2.24) is 5.32 Å². The van der Waals surface area contributed by atoms with Gasteiger partial charge in [-0.1, -0.05) is 0 Å². The summed E-state index contributed by atoms with van der Waals surface area (Å²) in [5.74, 6) is -1.09. The summed E-state index contributed by atoms with van der Waals surface area (Å²) in [5.41, 5.74) is 0. The summed E-state index contributed by atoms with van der Waals surface area (Å²) in [5, 5.41) is 2.49. The molecule has 0 unspecified atom stereocenters. The van der Waals surface area contributed by atoms with Gasteiger partial charge in [-0.05, 0) is 7.02 Å². The van der Waals surface area contributed by atoms with Crippen LogP contribution in [-0.4, -0.2) is 39.2 Å². The minimum atomic E-state index is -0.796. The highest BCUT2D eigenvalue weighted by atomic mass is 16.5. The van der Waals surface area contributed by atoms with Crippen LogP contribution >= 0.6 is 0 Å². The summed E-state index contributed by atoms with van der Waals surface area (Å²) < 4.78 is 15.6. The zero-order valence-electron chi connectivity index (χ0n) is 8.12. The van der Waals surface area contributed by atoms with Gasteiger partial charge in [-0.2, -0.15) is 0 Å². The summed E-state index contributed by atoms with van der Waals surface area (Å²) in [6.07, 6.45) is -0.123. The van der Waals surface area contributed by atoms with Gasteiger partial charge in [0.2, 0.25) is 0 Å². The second kappa shape index (κ2) is 5.54. The minimum Gasteiger partial charge on any atom is -0.469 e. The largest absolute Gasteiger partial charge is 0.469 e. The Kier molecular flexibility index (Phi) is 4.15. The summed E-state index contributed by atoms with van der Waals surface area (Å²) in [6.45, 7) is 0. The van der Waals surface area contributed by atoms with Gasteiger partial charge in [0.05, 0.1) is 20.6 Å². The number of carbonyl (C=O) groups excluding carboxylic acids is 2. The molecule has 12 heavy (non-hydrogen) atoms. The number of hydrogen-bond acceptors (Lipinski definition) is 5. The van der Waals surface area contributed by atoms with Gasteiger partial charge in [-0.25, -0.2) is 0 Å². The summed E-state index contributed by atoms with van der Waals surface area (Å²) in [6, 6.07) is -0.796. The molecule has 0 bridgehead atoms. The lowest BCUT2D eigenvalue weighted by molar-refractivity contribution is -0.149. The molecule has 0 amide bonds. The van der Waals surface area contributed by atoms with E-state index in [0.29, 0.717) is 0 Å². The van der Waals surface area contributed by atoms with Gasteiger partial charge in [0.1, 0.15) is 6.04 Å². The van der Waals surface area contributed by atoms with Crippen molar-refractivity contribution in [2.24, 2.45) is 0 Å². The van der Waals surface area contributed by atoms with E-state index in [1.807, 2.05) is 0 Å². The Bertz CT molecular complexity index is 185. The average molecular weight is 176 g/mol. The lowest BCUT2D eigenvalue weighted by Gasteiger charge is -2.11. The highest BCUT2D eigenvalue weighted by molar-refractivity contribution is 5.82.